The maximum Gasteiger partial charge on any atom is 0.234 e. The molecule has 2 aliphatic rings. The van der Waals surface area contributed by atoms with Gasteiger partial charge in [0.2, 0.25) is 5.91 Å². The summed E-state index contributed by atoms with van der Waals surface area (Å²) in [6, 6.07) is 8.45. The van der Waals surface area contributed by atoms with Crippen LogP contribution < -0.4 is 5.32 Å². The van der Waals surface area contributed by atoms with E-state index in [-0.39, 0.29) is 17.4 Å². The molecule has 2 fully saturated rings. The average molecular weight is 380 g/mol. The number of benzene rings is 1. The minimum absolute atomic E-state index is 0.0515. The lowest BCUT2D eigenvalue weighted by Gasteiger charge is -2.35. The van der Waals surface area contributed by atoms with Gasteiger partial charge in [0.1, 0.15) is 0 Å². The van der Waals surface area contributed by atoms with Crippen LogP contribution in [0.25, 0.3) is 0 Å². The number of carbonyl (C=O) groups is 1. The number of hydrogen-bond donors (Lipinski definition) is 1. The third-order valence-electron chi connectivity index (χ3n) is 5.43. The Morgan fingerprint density at radius 1 is 1.15 bits per heavy atom. The van der Waals surface area contributed by atoms with Gasteiger partial charge in [-0.3, -0.25) is 14.6 Å². The van der Waals surface area contributed by atoms with Crippen LogP contribution in [0.5, 0.6) is 0 Å². The summed E-state index contributed by atoms with van der Waals surface area (Å²) in [7, 11) is -3.01. The van der Waals surface area contributed by atoms with Crippen molar-refractivity contribution in [3.63, 3.8) is 0 Å². The van der Waals surface area contributed by atoms with Crippen molar-refractivity contribution < 1.29 is 13.2 Å². The van der Waals surface area contributed by atoms with E-state index in [0.29, 0.717) is 13.0 Å². The van der Waals surface area contributed by atoms with Crippen LogP contribution in [-0.2, 0) is 21.2 Å². The van der Waals surface area contributed by atoms with Crippen LogP contribution in [-0.4, -0.2) is 73.9 Å². The molecule has 0 spiro atoms. The highest BCUT2D eigenvalue weighted by atomic mass is 32.2. The van der Waals surface area contributed by atoms with Crippen LogP contribution in [0.15, 0.2) is 24.3 Å². The Bertz CT molecular complexity index is 757. The monoisotopic (exact) mass is 379 g/mol. The number of carbonyl (C=O) groups excluding carboxylic acids is 1. The van der Waals surface area contributed by atoms with Crippen molar-refractivity contribution in [2.75, 3.05) is 44.2 Å². The Kier molecular flexibility index (Phi) is 5.69. The fraction of sp³-hybridized carbons (Fsp3) is 0.632. The van der Waals surface area contributed by atoms with Gasteiger partial charge in [0.25, 0.3) is 0 Å². The Balaban J connectivity index is 1.44. The van der Waals surface area contributed by atoms with Gasteiger partial charge in [0, 0.05) is 32.7 Å². The summed E-state index contributed by atoms with van der Waals surface area (Å²) in [6.45, 7) is 8.84. The number of rotatable bonds is 5. The molecule has 1 aromatic carbocycles. The minimum Gasteiger partial charge on any atom is -0.349 e. The molecule has 2 heterocycles. The minimum atomic E-state index is -3.01. The third kappa shape index (κ3) is 5.05. The Morgan fingerprint density at radius 3 is 2.42 bits per heavy atom. The zero-order valence-corrected chi connectivity index (χ0v) is 16.5. The molecule has 0 aliphatic carbocycles. The summed E-state index contributed by atoms with van der Waals surface area (Å²) in [5, 5.41) is 2.94. The predicted molar refractivity (Wildman–Crippen MR) is 103 cm³/mol. The average Bonchev–Trinajstić information content (AvgIpc) is 2.84. The molecule has 2 aliphatic heterocycles. The standard InChI is InChI=1S/C19H29N3O3S/c1-16-5-3-4-6-17(16)13-21-8-10-22(11-9-21)14-18(23)20-19(2)7-12-26(24,25)15-19/h3-6H,7-15H2,1-2H3,(H,20,23)/t19-/m0/s1. The SMILES string of the molecule is Cc1ccccc1CN1CCN(CC(=O)N[C@@]2(C)CCS(=O)(=O)C2)CC1. The number of hydrogen-bond acceptors (Lipinski definition) is 5. The molecule has 7 heteroatoms. The normalized spacial score (nSPS) is 26.7. The van der Waals surface area contributed by atoms with Crippen molar-refractivity contribution in [2.24, 2.45) is 0 Å². The molecule has 0 saturated carbocycles. The predicted octanol–water partition coefficient (Wildman–Crippen LogP) is 0.806. The van der Waals surface area contributed by atoms with Crippen LogP contribution >= 0.6 is 0 Å². The molecule has 0 unspecified atom stereocenters. The molecule has 144 valence electrons. The fourth-order valence-corrected chi connectivity index (χ4v) is 5.92. The number of amides is 1. The van der Waals surface area contributed by atoms with Crippen LogP contribution in [0.3, 0.4) is 0 Å². The number of nitrogens with one attached hydrogen (secondary N) is 1. The number of nitrogens with zero attached hydrogens (tertiary/aromatic N) is 2. The first-order chi connectivity index (χ1) is 12.2. The summed E-state index contributed by atoms with van der Waals surface area (Å²) in [5.74, 6) is 0.147. The zero-order chi connectivity index (χ0) is 18.8. The molecule has 1 aromatic rings. The van der Waals surface area contributed by atoms with E-state index in [1.54, 1.807) is 0 Å². The molecule has 1 atom stereocenters. The first-order valence-corrected chi connectivity index (χ1v) is 11.1. The van der Waals surface area contributed by atoms with Crippen molar-refractivity contribution in [3.05, 3.63) is 35.4 Å². The summed E-state index contributed by atoms with van der Waals surface area (Å²) in [4.78, 5) is 16.9. The van der Waals surface area contributed by atoms with Crippen LogP contribution in [0.4, 0.5) is 0 Å². The molecule has 0 bridgehead atoms. The summed E-state index contributed by atoms with van der Waals surface area (Å²) in [6.07, 6.45) is 0.505. The second-order valence-corrected chi connectivity index (χ2v) is 10.1. The third-order valence-corrected chi connectivity index (χ3v) is 7.33. The molecular formula is C19H29N3O3S. The Morgan fingerprint density at radius 2 is 1.81 bits per heavy atom. The van der Waals surface area contributed by atoms with E-state index >= 15 is 0 Å². The van der Waals surface area contributed by atoms with Gasteiger partial charge in [0.05, 0.1) is 23.6 Å². The molecule has 2 saturated heterocycles. The maximum atomic E-state index is 12.3. The van der Waals surface area contributed by atoms with E-state index in [1.807, 2.05) is 6.92 Å². The molecule has 0 aromatic heterocycles. The van der Waals surface area contributed by atoms with Crippen LogP contribution in [0.1, 0.15) is 24.5 Å². The van der Waals surface area contributed by atoms with E-state index in [4.69, 9.17) is 0 Å². The smallest absolute Gasteiger partial charge is 0.234 e. The lowest BCUT2D eigenvalue weighted by atomic mass is 10.0. The lowest BCUT2D eigenvalue weighted by Crippen LogP contribution is -2.53. The molecule has 0 radical (unpaired) electrons. The highest BCUT2D eigenvalue weighted by molar-refractivity contribution is 7.91. The van der Waals surface area contributed by atoms with E-state index in [0.717, 1.165) is 32.7 Å². The maximum absolute atomic E-state index is 12.3. The van der Waals surface area contributed by atoms with Gasteiger partial charge in [-0.15, -0.1) is 0 Å². The Hall–Kier alpha value is -1.44. The van der Waals surface area contributed by atoms with E-state index in [9.17, 15) is 13.2 Å². The second-order valence-electron chi connectivity index (χ2n) is 7.93. The van der Waals surface area contributed by atoms with Gasteiger partial charge in [-0.2, -0.15) is 0 Å². The van der Waals surface area contributed by atoms with Gasteiger partial charge in [-0.1, -0.05) is 24.3 Å². The summed E-state index contributed by atoms with van der Waals surface area (Å²) >= 11 is 0. The van der Waals surface area contributed by atoms with E-state index in [1.165, 1.54) is 11.1 Å². The number of aryl methyl sites for hydroxylation is 1. The summed E-state index contributed by atoms with van der Waals surface area (Å²) < 4.78 is 23.3. The highest BCUT2D eigenvalue weighted by Crippen LogP contribution is 2.22. The van der Waals surface area contributed by atoms with Crippen molar-refractivity contribution in [1.29, 1.82) is 0 Å². The number of piperazine rings is 1. The molecule has 1 N–H and O–H groups in total. The van der Waals surface area contributed by atoms with E-state index < -0.39 is 15.4 Å². The van der Waals surface area contributed by atoms with Crippen LogP contribution in [0.2, 0.25) is 0 Å². The molecule has 3 rings (SSSR count). The lowest BCUT2D eigenvalue weighted by molar-refractivity contribution is -0.124. The topological polar surface area (TPSA) is 69.7 Å². The Labute approximate surface area is 156 Å². The molecule has 1 amide bonds. The largest absolute Gasteiger partial charge is 0.349 e. The van der Waals surface area contributed by atoms with Crippen molar-refractivity contribution >= 4 is 15.7 Å². The molecule has 26 heavy (non-hydrogen) atoms. The highest BCUT2D eigenvalue weighted by Gasteiger charge is 2.39. The van der Waals surface area contributed by atoms with Gasteiger partial charge < -0.3 is 5.32 Å². The zero-order valence-electron chi connectivity index (χ0n) is 15.7. The number of sulfone groups is 1. The van der Waals surface area contributed by atoms with Gasteiger partial charge in [-0.25, -0.2) is 8.42 Å². The summed E-state index contributed by atoms with van der Waals surface area (Å²) in [5.41, 5.74) is 2.06. The first-order valence-electron chi connectivity index (χ1n) is 9.25. The van der Waals surface area contributed by atoms with Crippen molar-refractivity contribution in [2.45, 2.75) is 32.4 Å². The van der Waals surface area contributed by atoms with Crippen molar-refractivity contribution in [3.8, 4) is 0 Å². The quantitative estimate of drug-likeness (QED) is 0.820. The first kappa shape index (κ1) is 19.3. The fourth-order valence-electron chi connectivity index (χ4n) is 3.82. The second kappa shape index (κ2) is 7.66. The van der Waals surface area contributed by atoms with Gasteiger partial charge in [-0.05, 0) is 31.4 Å². The molecular weight excluding hydrogens is 350 g/mol. The van der Waals surface area contributed by atoms with Gasteiger partial charge >= 0.3 is 0 Å². The molecule has 6 nitrogen and oxygen atoms in total. The van der Waals surface area contributed by atoms with Crippen molar-refractivity contribution in [1.82, 2.24) is 15.1 Å². The van der Waals surface area contributed by atoms with Crippen LogP contribution in [0, 0.1) is 6.92 Å². The van der Waals surface area contributed by atoms with Gasteiger partial charge in [0.15, 0.2) is 9.84 Å². The van der Waals surface area contributed by atoms with E-state index in [2.05, 4.69) is 46.3 Å².